The van der Waals surface area contributed by atoms with Gasteiger partial charge in [-0.15, -0.1) is 0 Å². The van der Waals surface area contributed by atoms with Crippen LogP contribution in [0.15, 0.2) is 17.2 Å². The van der Waals surface area contributed by atoms with Crippen molar-refractivity contribution in [3.05, 3.63) is 18.0 Å². The van der Waals surface area contributed by atoms with Gasteiger partial charge >= 0.3 is 0 Å². The van der Waals surface area contributed by atoms with Crippen molar-refractivity contribution in [2.45, 2.75) is 57.0 Å². The van der Waals surface area contributed by atoms with E-state index in [1.807, 2.05) is 27.7 Å². The maximum absolute atomic E-state index is 12.5. The fraction of sp³-hybridized carbons (Fsp3) is 0.643. The Morgan fingerprint density at radius 3 is 2.43 bits per heavy atom. The average molecular weight is 333 g/mol. The van der Waals surface area contributed by atoms with Crippen LogP contribution in [0.3, 0.4) is 0 Å². The lowest BCUT2D eigenvalue weighted by molar-refractivity contribution is 0.0892. The normalized spacial score (nSPS) is 16.3. The molecule has 1 aromatic heterocycles. The molecule has 1 aliphatic rings. The van der Waals surface area contributed by atoms with Crippen molar-refractivity contribution in [1.29, 1.82) is 0 Å². The zero-order valence-corrected chi connectivity index (χ0v) is 14.3. The number of rotatable bonds is 5. The van der Waals surface area contributed by atoms with Crippen LogP contribution in [0.1, 0.15) is 57.1 Å². The summed E-state index contributed by atoms with van der Waals surface area (Å²) in [6.45, 7) is 7.75. The molecule has 0 aliphatic heterocycles. The van der Waals surface area contributed by atoms with Crippen LogP contribution in [0.2, 0.25) is 0 Å². The minimum atomic E-state index is -3.85. The third-order valence-electron chi connectivity index (χ3n) is 3.93. The Kier molecular flexibility index (Phi) is 4.14. The van der Waals surface area contributed by atoms with Crippen LogP contribution in [0, 0.1) is 5.92 Å². The van der Waals surface area contributed by atoms with Gasteiger partial charge in [-0.1, -0.05) is 0 Å². The van der Waals surface area contributed by atoms with Crippen LogP contribution in [-0.2, 0) is 9.05 Å². The maximum atomic E-state index is 12.5. The SMILES string of the molecule is CC(C)n1cc(S(=O)(=O)Cl)cc1C(=O)NC(C)(C)C1CC1. The second kappa shape index (κ2) is 5.32. The van der Waals surface area contributed by atoms with Crippen molar-refractivity contribution in [3.8, 4) is 0 Å². The van der Waals surface area contributed by atoms with Crippen molar-refractivity contribution in [3.63, 3.8) is 0 Å². The second-order valence-corrected chi connectivity index (χ2v) is 9.02. The molecule has 0 bridgehead atoms. The van der Waals surface area contributed by atoms with Crippen molar-refractivity contribution in [2.75, 3.05) is 0 Å². The molecule has 0 saturated heterocycles. The molecule has 7 heteroatoms. The Morgan fingerprint density at radius 2 is 2.00 bits per heavy atom. The van der Waals surface area contributed by atoms with E-state index in [4.69, 9.17) is 10.7 Å². The summed E-state index contributed by atoms with van der Waals surface area (Å²) in [5, 5.41) is 3.00. The molecule has 0 spiro atoms. The van der Waals surface area contributed by atoms with Gasteiger partial charge in [-0.05, 0) is 52.5 Å². The zero-order valence-electron chi connectivity index (χ0n) is 12.7. The molecule has 0 atom stereocenters. The Morgan fingerprint density at radius 1 is 1.43 bits per heavy atom. The van der Waals surface area contributed by atoms with Gasteiger partial charge in [0.2, 0.25) is 0 Å². The summed E-state index contributed by atoms with van der Waals surface area (Å²) in [6.07, 6.45) is 3.63. The van der Waals surface area contributed by atoms with E-state index in [1.165, 1.54) is 12.3 Å². The third-order valence-corrected chi connectivity index (χ3v) is 5.25. The largest absolute Gasteiger partial charge is 0.346 e. The molecule has 1 saturated carbocycles. The van der Waals surface area contributed by atoms with Crippen LogP contribution in [0.25, 0.3) is 0 Å². The van der Waals surface area contributed by atoms with Gasteiger partial charge in [0, 0.05) is 28.5 Å². The fourth-order valence-electron chi connectivity index (χ4n) is 2.46. The number of hydrogen-bond acceptors (Lipinski definition) is 3. The lowest BCUT2D eigenvalue weighted by atomic mass is 9.98. The Balaban J connectivity index is 2.33. The van der Waals surface area contributed by atoms with Gasteiger partial charge in [0.05, 0.1) is 0 Å². The van der Waals surface area contributed by atoms with Crippen molar-refractivity contribution in [1.82, 2.24) is 9.88 Å². The van der Waals surface area contributed by atoms with E-state index in [2.05, 4.69) is 5.32 Å². The topological polar surface area (TPSA) is 68.2 Å². The van der Waals surface area contributed by atoms with Crippen LogP contribution < -0.4 is 5.32 Å². The molecule has 0 radical (unpaired) electrons. The number of aromatic nitrogens is 1. The summed E-state index contributed by atoms with van der Waals surface area (Å²) in [4.78, 5) is 12.4. The van der Waals surface area contributed by atoms with E-state index in [9.17, 15) is 13.2 Å². The van der Waals surface area contributed by atoms with Crippen LogP contribution >= 0.6 is 10.7 Å². The highest BCUT2D eigenvalue weighted by Crippen LogP contribution is 2.39. The molecule has 0 unspecified atom stereocenters. The minimum absolute atomic E-state index is 0.0399. The second-order valence-electron chi connectivity index (χ2n) is 6.45. The van der Waals surface area contributed by atoms with Gasteiger partial charge in [0.1, 0.15) is 10.6 Å². The highest BCUT2D eigenvalue weighted by atomic mass is 35.7. The molecule has 1 aromatic rings. The van der Waals surface area contributed by atoms with Crippen LogP contribution in [0.5, 0.6) is 0 Å². The number of carbonyl (C=O) groups is 1. The molecule has 1 fully saturated rings. The molecule has 1 amide bonds. The maximum Gasteiger partial charge on any atom is 0.268 e. The van der Waals surface area contributed by atoms with Crippen LogP contribution in [0.4, 0.5) is 0 Å². The van der Waals surface area contributed by atoms with E-state index in [0.717, 1.165) is 12.8 Å². The number of halogens is 1. The number of hydrogen-bond donors (Lipinski definition) is 1. The monoisotopic (exact) mass is 332 g/mol. The van der Waals surface area contributed by atoms with E-state index in [0.29, 0.717) is 11.6 Å². The van der Waals surface area contributed by atoms with Crippen molar-refractivity contribution in [2.24, 2.45) is 5.92 Å². The highest BCUT2D eigenvalue weighted by molar-refractivity contribution is 8.13. The van der Waals surface area contributed by atoms with Crippen molar-refractivity contribution >= 4 is 25.6 Å². The standard InChI is InChI=1S/C14H21ClN2O3S/c1-9(2)17-8-11(21(15,19)20)7-12(17)13(18)16-14(3,4)10-5-6-10/h7-10H,5-6H2,1-4H3,(H,16,18). The zero-order chi connectivity index (χ0) is 16.0. The third kappa shape index (κ3) is 3.61. The summed E-state index contributed by atoms with van der Waals surface area (Å²) < 4.78 is 24.6. The first-order chi connectivity index (χ1) is 9.52. The lowest BCUT2D eigenvalue weighted by Crippen LogP contribution is -2.45. The Hall–Kier alpha value is -1.01. The Labute approximate surface area is 130 Å². The molecule has 1 heterocycles. The fourth-order valence-corrected chi connectivity index (χ4v) is 3.21. The van der Waals surface area contributed by atoms with E-state index >= 15 is 0 Å². The summed E-state index contributed by atoms with van der Waals surface area (Å²) in [7, 11) is 1.53. The van der Waals surface area contributed by atoms with E-state index < -0.39 is 9.05 Å². The molecule has 2 rings (SSSR count). The van der Waals surface area contributed by atoms with Crippen LogP contribution in [-0.4, -0.2) is 24.4 Å². The van der Waals surface area contributed by atoms with Gasteiger partial charge in [-0.2, -0.15) is 0 Å². The molecular formula is C14H21ClN2O3S. The quantitative estimate of drug-likeness (QED) is 0.843. The first-order valence-electron chi connectivity index (χ1n) is 7.01. The number of nitrogens with zero attached hydrogens (tertiary/aromatic N) is 1. The molecule has 1 N–H and O–H groups in total. The van der Waals surface area contributed by atoms with Gasteiger partial charge in [0.15, 0.2) is 0 Å². The van der Waals surface area contributed by atoms with E-state index in [1.54, 1.807) is 4.57 Å². The van der Waals surface area contributed by atoms with Crippen molar-refractivity contribution < 1.29 is 13.2 Å². The first-order valence-corrected chi connectivity index (χ1v) is 9.32. The predicted octanol–water partition coefficient (Wildman–Crippen LogP) is 2.91. The highest BCUT2D eigenvalue weighted by Gasteiger charge is 2.39. The molecule has 1 aliphatic carbocycles. The number of carbonyl (C=O) groups excluding carboxylic acids is 1. The summed E-state index contributed by atoms with van der Waals surface area (Å²) in [5.41, 5.74) is 0.0290. The van der Waals surface area contributed by atoms with Gasteiger partial charge < -0.3 is 9.88 Å². The summed E-state index contributed by atoms with van der Waals surface area (Å²) in [6, 6.07) is 1.29. The predicted molar refractivity (Wildman–Crippen MR) is 82.1 cm³/mol. The molecule has 5 nitrogen and oxygen atoms in total. The molecule has 118 valence electrons. The number of nitrogens with one attached hydrogen (secondary N) is 1. The first kappa shape index (κ1) is 16.4. The van der Waals surface area contributed by atoms with E-state index in [-0.39, 0.29) is 22.4 Å². The molecule has 0 aromatic carbocycles. The van der Waals surface area contributed by atoms with Gasteiger partial charge in [-0.3, -0.25) is 4.79 Å². The average Bonchev–Trinajstić information content (AvgIpc) is 3.05. The minimum Gasteiger partial charge on any atom is -0.346 e. The number of amides is 1. The molecule has 21 heavy (non-hydrogen) atoms. The molecular weight excluding hydrogens is 312 g/mol. The summed E-state index contributed by atoms with van der Waals surface area (Å²) >= 11 is 0. The smallest absolute Gasteiger partial charge is 0.268 e. The lowest BCUT2D eigenvalue weighted by Gasteiger charge is -2.26. The Bertz CT molecular complexity index is 658. The van der Waals surface area contributed by atoms with Gasteiger partial charge in [-0.25, -0.2) is 8.42 Å². The summed E-state index contributed by atoms with van der Waals surface area (Å²) in [5.74, 6) is 0.215. The van der Waals surface area contributed by atoms with Gasteiger partial charge in [0.25, 0.3) is 15.0 Å².